The molecule has 1 aliphatic carbocycles. The lowest BCUT2D eigenvalue weighted by molar-refractivity contribution is 0.0972. The second-order valence-electron chi connectivity index (χ2n) is 5.36. The summed E-state index contributed by atoms with van der Waals surface area (Å²) in [5.41, 5.74) is 6.82. The van der Waals surface area contributed by atoms with Crippen LogP contribution in [0.3, 0.4) is 0 Å². The van der Waals surface area contributed by atoms with Gasteiger partial charge < -0.3 is 15.8 Å². The summed E-state index contributed by atoms with van der Waals surface area (Å²) < 4.78 is 5.62. The standard InChI is InChI=1S/C14H20N2O2S2/c1-19-13-10(15)12(11(17)8-4-5-8)20-14(13)16-7-9-3-2-6-18-9/h8-9,16H,2-7,15H2,1H3. The van der Waals surface area contributed by atoms with Gasteiger partial charge in [0, 0.05) is 19.1 Å². The number of ether oxygens (including phenoxy) is 1. The van der Waals surface area contributed by atoms with E-state index in [0.717, 1.165) is 53.6 Å². The van der Waals surface area contributed by atoms with Gasteiger partial charge in [0.1, 0.15) is 5.00 Å². The van der Waals surface area contributed by atoms with E-state index in [1.165, 1.54) is 11.3 Å². The van der Waals surface area contributed by atoms with Gasteiger partial charge in [0.05, 0.1) is 21.6 Å². The Morgan fingerprint density at radius 1 is 1.50 bits per heavy atom. The first-order valence-electron chi connectivity index (χ1n) is 7.06. The van der Waals surface area contributed by atoms with Crippen molar-refractivity contribution >= 4 is 39.6 Å². The third-order valence-electron chi connectivity index (χ3n) is 3.79. The van der Waals surface area contributed by atoms with E-state index in [1.807, 2.05) is 6.26 Å². The van der Waals surface area contributed by atoms with Crippen molar-refractivity contribution < 1.29 is 9.53 Å². The summed E-state index contributed by atoms with van der Waals surface area (Å²) in [6.07, 6.45) is 6.57. The van der Waals surface area contributed by atoms with Gasteiger partial charge in [0.2, 0.25) is 0 Å². The van der Waals surface area contributed by atoms with Crippen molar-refractivity contribution in [2.24, 2.45) is 5.92 Å². The van der Waals surface area contributed by atoms with Crippen LogP contribution in [0.15, 0.2) is 4.90 Å². The second-order valence-corrected chi connectivity index (χ2v) is 7.20. The fourth-order valence-electron chi connectivity index (χ4n) is 2.47. The number of rotatable bonds is 6. The molecule has 1 saturated heterocycles. The number of Topliss-reactive ketones (excluding diaryl/α,β-unsaturated/α-hetero) is 1. The Morgan fingerprint density at radius 3 is 2.90 bits per heavy atom. The molecule has 0 radical (unpaired) electrons. The molecule has 4 nitrogen and oxygen atoms in total. The summed E-state index contributed by atoms with van der Waals surface area (Å²) in [5, 5.41) is 4.44. The van der Waals surface area contributed by atoms with E-state index in [0.29, 0.717) is 5.69 Å². The van der Waals surface area contributed by atoms with Crippen molar-refractivity contribution in [1.29, 1.82) is 0 Å². The Morgan fingerprint density at radius 2 is 2.30 bits per heavy atom. The first kappa shape index (κ1) is 14.2. The molecule has 1 saturated carbocycles. The maximum absolute atomic E-state index is 12.2. The Kier molecular flexibility index (Phi) is 4.23. The summed E-state index contributed by atoms with van der Waals surface area (Å²) in [6.45, 7) is 1.66. The number of nitrogens with two attached hydrogens (primary N) is 1. The van der Waals surface area contributed by atoms with E-state index in [-0.39, 0.29) is 17.8 Å². The lowest BCUT2D eigenvalue weighted by atomic mass is 10.2. The molecule has 6 heteroatoms. The first-order chi connectivity index (χ1) is 9.70. The summed E-state index contributed by atoms with van der Waals surface area (Å²) in [6, 6.07) is 0. The summed E-state index contributed by atoms with van der Waals surface area (Å²) >= 11 is 3.11. The zero-order chi connectivity index (χ0) is 14.1. The second kappa shape index (κ2) is 5.95. The molecule has 2 heterocycles. The van der Waals surface area contributed by atoms with Crippen LogP contribution >= 0.6 is 23.1 Å². The Labute approximate surface area is 127 Å². The van der Waals surface area contributed by atoms with Crippen molar-refractivity contribution in [3.05, 3.63) is 4.88 Å². The molecule has 2 aliphatic rings. The number of nitrogens with one attached hydrogen (secondary N) is 1. The van der Waals surface area contributed by atoms with Gasteiger partial charge in [-0.25, -0.2) is 0 Å². The topological polar surface area (TPSA) is 64.3 Å². The minimum absolute atomic E-state index is 0.219. The van der Waals surface area contributed by atoms with Gasteiger partial charge in [-0.15, -0.1) is 23.1 Å². The van der Waals surface area contributed by atoms with E-state index in [1.54, 1.807) is 11.8 Å². The van der Waals surface area contributed by atoms with Crippen LogP contribution in [0, 0.1) is 5.92 Å². The van der Waals surface area contributed by atoms with Gasteiger partial charge in [-0.2, -0.15) is 0 Å². The largest absolute Gasteiger partial charge is 0.396 e. The lowest BCUT2D eigenvalue weighted by Crippen LogP contribution is -2.18. The van der Waals surface area contributed by atoms with Crippen LogP contribution in [-0.4, -0.2) is 31.3 Å². The predicted molar refractivity (Wildman–Crippen MR) is 85.0 cm³/mol. The molecule has 2 fully saturated rings. The Balaban J connectivity index is 1.74. The third kappa shape index (κ3) is 2.82. The highest BCUT2D eigenvalue weighted by atomic mass is 32.2. The number of thiophene rings is 1. The van der Waals surface area contributed by atoms with E-state index in [9.17, 15) is 4.79 Å². The van der Waals surface area contributed by atoms with E-state index in [4.69, 9.17) is 10.5 Å². The smallest absolute Gasteiger partial charge is 0.178 e. The highest BCUT2D eigenvalue weighted by Gasteiger charge is 2.34. The third-order valence-corrected chi connectivity index (χ3v) is 5.93. The van der Waals surface area contributed by atoms with Gasteiger partial charge in [-0.05, 0) is 31.9 Å². The minimum atomic E-state index is 0.219. The average Bonchev–Trinajstić information content (AvgIpc) is 3.07. The number of nitrogen functional groups attached to an aromatic ring is 1. The average molecular weight is 312 g/mol. The Bertz CT molecular complexity index is 506. The van der Waals surface area contributed by atoms with Crippen molar-refractivity contribution in [2.45, 2.75) is 36.7 Å². The predicted octanol–water partition coefficient (Wildman–Crippen LogP) is 3.24. The van der Waals surface area contributed by atoms with Crippen LogP contribution in [-0.2, 0) is 4.74 Å². The highest BCUT2D eigenvalue weighted by molar-refractivity contribution is 7.99. The quantitative estimate of drug-likeness (QED) is 0.623. The summed E-state index contributed by atoms with van der Waals surface area (Å²) in [5.74, 6) is 0.449. The van der Waals surface area contributed by atoms with Gasteiger partial charge in [0.15, 0.2) is 5.78 Å². The van der Waals surface area contributed by atoms with Crippen LogP contribution in [0.25, 0.3) is 0 Å². The highest BCUT2D eigenvalue weighted by Crippen LogP contribution is 2.45. The molecule has 1 aromatic heterocycles. The Hall–Kier alpha value is -0.720. The molecule has 20 heavy (non-hydrogen) atoms. The monoisotopic (exact) mass is 312 g/mol. The molecule has 0 spiro atoms. The van der Waals surface area contributed by atoms with Gasteiger partial charge in [0.25, 0.3) is 0 Å². The molecule has 3 rings (SSSR count). The number of thioether (sulfide) groups is 1. The SMILES string of the molecule is CSc1c(NCC2CCCO2)sc(C(=O)C2CC2)c1N. The molecular formula is C14H20N2O2S2. The molecule has 3 N–H and O–H groups in total. The number of anilines is 2. The minimum Gasteiger partial charge on any atom is -0.396 e. The number of carbonyl (C=O) groups is 1. The van der Waals surface area contributed by atoms with Crippen LogP contribution in [0.5, 0.6) is 0 Å². The van der Waals surface area contributed by atoms with Crippen molar-refractivity contribution in [2.75, 3.05) is 30.5 Å². The molecule has 110 valence electrons. The summed E-state index contributed by atoms with van der Waals surface area (Å²) in [4.78, 5) is 14.0. The molecule has 0 aromatic carbocycles. The maximum Gasteiger partial charge on any atom is 0.178 e. The first-order valence-corrected chi connectivity index (χ1v) is 9.10. The number of carbonyl (C=O) groups excluding carboxylic acids is 1. The van der Waals surface area contributed by atoms with Crippen LogP contribution in [0.1, 0.15) is 35.4 Å². The number of ketones is 1. The maximum atomic E-state index is 12.2. The molecule has 1 unspecified atom stereocenters. The van der Waals surface area contributed by atoms with Crippen LogP contribution in [0.4, 0.5) is 10.7 Å². The molecule has 1 atom stereocenters. The van der Waals surface area contributed by atoms with Gasteiger partial charge >= 0.3 is 0 Å². The van der Waals surface area contributed by atoms with Crippen molar-refractivity contribution in [1.82, 2.24) is 0 Å². The van der Waals surface area contributed by atoms with Crippen molar-refractivity contribution in [3.8, 4) is 0 Å². The molecule has 1 aromatic rings. The molecule has 1 aliphatic heterocycles. The normalized spacial score (nSPS) is 22.1. The fraction of sp³-hybridized carbons (Fsp3) is 0.643. The summed E-state index contributed by atoms with van der Waals surface area (Å²) in [7, 11) is 0. The van der Waals surface area contributed by atoms with Gasteiger partial charge in [-0.3, -0.25) is 4.79 Å². The zero-order valence-corrected chi connectivity index (χ0v) is 13.2. The molecule has 0 amide bonds. The lowest BCUT2D eigenvalue weighted by Gasteiger charge is -2.11. The molecular weight excluding hydrogens is 292 g/mol. The number of hydrogen-bond donors (Lipinski definition) is 2. The molecule has 0 bridgehead atoms. The van der Waals surface area contributed by atoms with E-state index in [2.05, 4.69) is 5.32 Å². The van der Waals surface area contributed by atoms with Crippen LogP contribution in [0.2, 0.25) is 0 Å². The number of hydrogen-bond acceptors (Lipinski definition) is 6. The van der Waals surface area contributed by atoms with Crippen molar-refractivity contribution in [3.63, 3.8) is 0 Å². The fourth-order valence-corrected chi connectivity index (χ4v) is 4.53. The van der Waals surface area contributed by atoms with E-state index < -0.39 is 0 Å². The van der Waals surface area contributed by atoms with Crippen LogP contribution < -0.4 is 11.1 Å². The van der Waals surface area contributed by atoms with Gasteiger partial charge in [-0.1, -0.05) is 0 Å². The zero-order valence-electron chi connectivity index (χ0n) is 11.6. The van der Waals surface area contributed by atoms with E-state index >= 15 is 0 Å².